The lowest BCUT2D eigenvalue weighted by atomic mass is 10.1. The van der Waals surface area contributed by atoms with Crippen LogP contribution in [0.4, 0.5) is 5.69 Å². The van der Waals surface area contributed by atoms with E-state index in [0.29, 0.717) is 23.7 Å². The number of anilines is 1. The number of para-hydroxylation sites is 1. The number of carbonyl (C=O) groups is 1. The molecule has 0 atom stereocenters. The van der Waals surface area contributed by atoms with Crippen molar-refractivity contribution in [3.05, 3.63) is 112 Å². The van der Waals surface area contributed by atoms with Crippen LogP contribution in [0.5, 0.6) is 0 Å². The van der Waals surface area contributed by atoms with E-state index < -0.39 is 5.91 Å². The van der Waals surface area contributed by atoms with Gasteiger partial charge in [-0.05, 0) is 36.8 Å². The Kier molecular flexibility index (Phi) is 5.12. The number of benzene rings is 2. The lowest BCUT2D eigenvalue weighted by molar-refractivity contribution is 0.102. The van der Waals surface area contributed by atoms with Gasteiger partial charge in [0.2, 0.25) is 0 Å². The summed E-state index contributed by atoms with van der Waals surface area (Å²) in [6.07, 6.45) is 1.54. The van der Waals surface area contributed by atoms with Crippen molar-refractivity contribution in [2.45, 2.75) is 13.5 Å². The van der Waals surface area contributed by atoms with Gasteiger partial charge < -0.3 is 14.3 Å². The molecule has 0 saturated heterocycles. The molecule has 144 valence electrons. The normalized spacial score (nSPS) is 10.7. The van der Waals surface area contributed by atoms with Gasteiger partial charge in [-0.15, -0.1) is 0 Å². The van der Waals surface area contributed by atoms with E-state index in [1.54, 1.807) is 24.3 Å². The topological polar surface area (TPSA) is 64.2 Å². The van der Waals surface area contributed by atoms with Crippen molar-refractivity contribution < 1.29 is 9.21 Å². The summed E-state index contributed by atoms with van der Waals surface area (Å²) in [6.45, 7) is 2.37. The minimum Gasteiger partial charge on any atom is -0.463 e. The van der Waals surface area contributed by atoms with Crippen molar-refractivity contribution in [1.29, 1.82) is 0 Å². The molecule has 1 amide bonds. The van der Waals surface area contributed by atoms with Crippen LogP contribution < -0.4 is 10.7 Å². The molecule has 0 aliphatic heterocycles. The van der Waals surface area contributed by atoms with Gasteiger partial charge in [-0.2, -0.15) is 0 Å². The van der Waals surface area contributed by atoms with Gasteiger partial charge in [0.05, 0.1) is 6.26 Å². The first kappa shape index (κ1) is 18.5. The number of amides is 1. The molecular weight excluding hydrogens is 364 g/mol. The highest BCUT2D eigenvalue weighted by Gasteiger charge is 2.23. The largest absolute Gasteiger partial charge is 0.463 e. The lowest BCUT2D eigenvalue weighted by Crippen LogP contribution is -2.26. The third kappa shape index (κ3) is 3.89. The third-order valence-electron chi connectivity index (χ3n) is 4.72. The predicted octanol–water partition coefficient (Wildman–Crippen LogP) is 4.72. The summed E-state index contributed by atoms with van der Waals surface area (Å²) in [5.41, 5.74) is 2.62. The van der Waals surface area contributed by atoms with E-state index in [1.165, 1.54) is 12.3 Å². The maximum Gasteiger partial charge on any atom is 0.261 e. The average Bonchev–Trinajstić information content (AvgIpc) is 3.25. The number of rotatable bonds is 5. The SMILES string of the molecule is Cc1cc(=O)c(C(=O)Nc2ccccc2)c(-c2ccco2)n1Cc1ccccc1. The Balaban J connectivity index is 1.87. The fourth-order valence-electron chi connectivity index (χ4n) is 3.34. The molecule has 1 N–H and O–H groups in total. The van der Waals surface area contributed by atoms with E-state index in [9.17, 15) is 9.59 Å². The molecule has 4 rings (SSSR count). The van der Waals surface area contributed by atoms with E-state index >= 15 is 0 Å². The number of nitrogens with zero attached hydrogens (tertiary/aromatic N) is 1. The van der Waals surface area contributed by atoms with Crippen LogP contribution in [0.1, 0.15) is 21.6 Å². The van der Waals surface area contributed by atoms with Gasteiger partial charge in [-0.3, -0.25) is 9.59 Å². The number of furan rings is 1. The van der Waals surface area contributed by atoms with E-state index in [0.717, 1.165) is 11.3 Å². The summed E-state index contributed by atoms with van der Waals surface area (Å²) in [5, 5.41) is 2.82. The van der Waals surface area contributed by atoms with Gasteiger partial charge in [0.15, 0.2) is 11.2 Å². The summed E-state index contributed by atoms with van der Waals surface area (Å²) in [5.74, 6) is 0.00866. The lowest BCUT2D eigenvalue weighted by Gasteiger charge is -2.19. The molecule has 4 aromatic rings. The first-order valence-electron chi connectivity index (χ1n) is 9.32. The molecule has 0 aliphatic rings. The average molecular weight is 384 g/mol. The summed E-state index contributed by atoms with van der Waals surface area (Å²) in [4.78, 5) is 26.0. The molecule has 2 aromatic heterocycles. The van der Waals surface area contributed by atoms with Crippen molar-refractivity contribution in [2.75, 3.05) is 5.32 Å². The smallest absolute Gasteiger partial charge is 0.261 e. The molecule has 0 bridgehead atoms. The molecule has 0 aliphatic carbocycles. The second-order valence-electron chi connectivity index (χ2n) is 6.74. The first-order valence-corrected chi connectivity index (χ1v) is 9.32. The molecule has 2 aromatic carbocycles. The Morgan fingerprint density at radius 2 is 1.66 bits per heavy atom. The summed E-state index contributed by atoms with van der Waals surface area (Å²) >= 11 is 0. The second kappa shape index (κ2) is 8.02. The quantitative estimate of drug-likeness (QED) is 0.542. The van der Waals surface area contributed by atoms with Gasteiger partial charge in [0, 0.05) is 24.0 Å². The molecule has 5 heteroatoms. The summed E-state index contributed by atoms with van der Waals surface area (Å²) in [6, 6.07) is 24.0. The van der Waals surface area contributed by atoms with Crippen molar-refractivity contribution in [2.24, 2.45) is 0 Å². The molecule has 0 spiro atoms. The number of hydrogen-bond donors (Lipinski definition) is 1. The van der Waals surface area contributed by atoms with Crippen LogP contribution >= 0.6 is 0 Å². The highest BCUT2D eigenvalue weighted by atomic mass is 16.3. The molecule has 0 fully saturated rings. The van der Waals surface area contributed by atoms with Crippen molar-refractivity contribution in [3.8, 4) is 11.5 Å². The minimum atomic E-state index is -0.464. The first-order chi connectivity index (χ1) is 14.1. The van der Waals surface area contributed by atoms with Crippen LogP contribution in [0.3, 0.4) is 0 Å². The number of carbonyl (C=O) groups excluding carboxylic acids is 1. The van der Waals surface area contributed by atoms with Gasteiger partial charge >= 0.3 is 0 Å². The van der Waals surface area contributed by atoms with Crippen molar-refractivity contribution >= 4 is 11.6 Å². The molecule has 0 radical (unpaired) electrons. The zero-order chi connectivity index (χ0) is 20.2. The van der Waals surface area contributed by atoms with E-state index in [-0.39, 0.29) is 11.0 Å². The Hall–Kier alpha value is -3.86. The van der Waals surface area contributed by atoms with Gasteiger partial charge in [-0.25, -0.2) is 0 Å². The Morgan fingerprint density at radius 3 is 2.31 bits per heavy atom. The van der Waals surface area contributed by atoms with Crippen LogP contribution in [-0.4, -0.2) is 10.5 Å². The number of nitrogens with one attached hydrogen (secondary N) is 1. The maximum atomic E-state index is 13.1. The Labute approximate surface area is 168 Å². The predicted molar refractivity (Wildman–Crippen MR) is 113 cm³/mol. The number of pyridine rings is 1. The number of hydrogen-bond acceptors (Lipinski definition) is 3. The fourth-order valence-corrected chi connectivity index (χ4v) is 3.34. The molecule has 0 saturated carbocycles. The number of aryl methyl sites for hydroxylation is 1. The van der Waals surface area contributed by atoms with Gasteiger partial charge in [-0.1, -0.05) is 48.5 Å². The van der Waals surface area contributed by atoms with Crippen LogP contribution in [0.15, 0.2) is 94.3 Å². The van der Waals surface area contributed by atoms with Crippen LogP contribution in [0, 0.1) is 6.92 Å². The summed E-state index contributed by atoms with van der Waals surface area (Å²) < 4.78 is 7.55. The zero-order valence-corrected chi connectivity index (χ0v) is 16.0. The van der Waals surface area contributed by atoms with Gasteiger partial charge in [0.1, 0.15) is 11.3 Å². The molecule has 5 nitrogen and oxygen atoms in total. The second-order valence-corrected chi connectivity index (χ2v) is 6.74. The minimum absolute atomic E-state index is 0.0605. The van der Waals surface area contributed by atoms with Crippen molar-refractivity contribution in [3.63, 3.8) is 0 Å². The highest BCUT2D eigenvalue weighted by Crippen LogP contribution is 2.26. The van der Waals surface area contributed by atoms with Crippen LogP contribution in [0.2, 0.25) is 0 Å². The monoisotopic (exact) mass is 384 g/mol. The van der Waals surface area contributed by atoms with Crippen LogP contribution in [0.25, 0.3) is 11.5 Å². The van der Waals surface area contributed by atoms with Gasteiger partial charge in [0.25, 0.3) is 5.91 Å². The summed E-state index contributed by atoms with van der Waals surface area (Å²) in [7, 11) is 0. The molecule has 2 heterocycles. The molecular formula is C24H20N2O3. The highest BCUT2D eigenvalue weighted by molar-refractivity contribution is 6.07. The fraction of sp³-hybridized carbons (Fsp3) is 0.0833. The standard InChI is InChI=1S/C24H20N2O3/c1-17-15-20(27)22(24(28)25-19-11-6-3-7-12-19)23(21-13-8-14-29-21)26(17)16-18-9-4-2-5-10-18/h2-15H,16H2,1H3,(H,25,28). The van der Waals surface area contributed by atoms with E-state index in [1.807, 2.05) is 60.0 Å². The Morgan fingerprint density at radius 1 is 0.966 bits per heavy atom. The van der Waals surface area contributed by atoms with E-state index in [4.69, 9.17) is 4.42 Å². The van der Waals surface area contributed by atoms with E-state index in [2.05, 4.69) is 5.32 Å². The maximum absolute atomic E-state index is 13.1. The molecule has 29 heavy (non-hydrogen) atoms. The number of aromatic nitrogens is 1. The van der Waals surface area contributed by atoms with Crippen molar-refractivity contribution in [1.82, 2.24) is 4.57 Å². The Bertz CT molecular complexity index is 1180. The zero-order valence-electron chi connectivity index (χ0n) is 16.0. The molecule has 0 unspecified atom stereocenters. The third-order valence-corrected chi connectivity index (χ3v) is 4.72. The van der Waals surface area contributed by atoms with Crippen LogP contribution in [-0.2, 0) is 6.54 Å².